The van der Waals surface area contributed by atoms with E-state index >= 15 is 0 Å². The van der Waals surface area contributed by atoms with E-state index in [0.29, 0.717) is 10.8 Å². The van der Waals surface area contributed by atoms with Gasteiger partial charge in [-0.3, -0.25) is 14.9 Å². The summed E-state index contributed by atoms with van der Waals surface area (Å²) in [6.07, 6.45) is -0.751. The first kappa shape index (κ1) is 21.5. The lowest BCUT2D eigenvalue weighted by atomic mass is 9.98. The zero-order valence-corrected chi connectivity index (χ0v) is 17.9. The van der Waals surface area contributed by atoms with Crippen LogP contribution in [0.1, 0.15) is 29.2 Å². The normalized spacial score (nSPS) is 12.0. The number of anilines is 1. The van der Waals surface area contributed by atoms with Crippen LogP contribution in [0.5, 0.6) is 0 Å². The predicted octanol–water partition coefficient (Wildman–Crippen LogP) is 3.64. The minimum atomic E-state index is -0.978. The number of amides is 2. The van der Waals surface area contributed by atoms with Crippen molar-refractivity contribution in [1.29, 1.82) is 0 Å². The highest BCUT2D eigenvalue weighted by molar-refractivity contribution is 7.13. The molecule has 8 nitrogen and oxygen atoms in total. The maximum atomic E-state index is 12.3. The van der Waals surface area contributed by atoms with Crippen LogP contribution in [0.4, 0.5) is 9.93 Å². The summed E-state index contributed by atoms with van der Waals surface area (Å²) in [4.78, 5) is 38.9. The van der Waals surface area contributed by atoms with Crippen molar-refractivity contribution in [2.45, 2.75) is 18.8 Å². The van der Waals surface area contributed by atoms with E-state index in [9.17, 15) is 14.4 Å². The van der Waals surface area contributed by atoms with Crippen molar-refractivity contribution in [1.82, 2.24) is 10.3 Å². The van der Waals surface area contributed by atoms with Crippen LogP contribution in [0.25, 0.3) is 11.1 Å². The Morgan fingerprint density at radius 2 is 1.69 bits per heavy atom. The fourth-order valence-corrected chi connectivity index (χ4v) is 4.40. The molecule has 1 aromatic heterocycles. The molecule has 1 aliphatic carbocycles. The van der Waals surface area contributed by atoms with Gasteiger partial charge in [0.2, 0.25) is 5.91 Å². The Kier molecular flexibility index (Phi) is 6.46. The van der Waals surface area contributed by atoms with Gasteiger partial charge in [0.05, 0.1) is 18.5 Å². The molecule has 0 unspecified atom stereocenters. The highest BCUT2D eigenvalue weighted by atomic mass is 32.1. The number of nitrogens with one attached hydrogen (secondary N) is 2. The molecule has 9 heteroatoms. The molecule has 164 valence electrons. The van der Waals surface area contributed by atoms with E-state index in [0.717, 1.165) is 22.3 Å². The number of nitrogens with zero attached hydrogens (tertiary/aromatic N) is 1. The summed E-state index contributed by atoms with van der Waals surface area (Å²) in [5, 5.41) is 15.7. The third kappa shape index (κ3) is 4.94. The third-order valence-electron chi connectivity index (χ3n) is 5.11. The average Bonchev–Trinajstić information content (AvgIpc) is 3.34. The van der Waals surface area contributed by atoms with Crippen LogP contribution >= 0.6 is 11.3 Å². The van der Waals surface area contributed by atoms with Crippen LogP contribution in [0.3, 0.4) is 0 Å². The monoisotopic (exact) mass is 451 g/mol. The zero-order valence-electron chi connectivity index (χ0n) is 17.0. The lowest BCUT2D eigenvalue weighted by Gasteiger charge is -2.14. The standard InChI is InChI=1S/C23H21N3O5S/c27-20(24-10-9-21(28)29)11-14-13-32-22(25-14)26-23(30)31-12-19-17-7-3-1-5-15(17)16-6-2-4-8-18(16)19/h1-8,13,19H,9-12H2,(H,24,27)(H,28,29)(H,25,26,30). The molecule has 32 heavy (non-hydrogen) atoms. The molecule has 0 bridgehead atoms. The number of aliphatic carboxylic acids is 1. The molecule has 0 spiro atoms. The van der Waals surface area contributed by atoms with Crippen molar-refractivity contribution >= 4 is 34.4 Å². The number of benzene rings is 2. The molecule has 0 fully saturated rings. The fraction of sp³-hybridized carbons (Fsp3) is 0.217. The average molecular weight is 452 g/mol. The molecule has 3 aromatic rings. The first-order valence-corrected chi connectivity index (χ1v) is 10.9. The van der Waals surface area contributed by atoms with Gasteiger partial charge in [-0.15, -0.1) is 11.3 Å². The number of rotatable bonds is 8. The Balaban J connectivity index is 1.31. The van der Waals surface area contributed by atoms with Crippen LogP contribution in [0.2, 0.25) is 0 Å². The number of thiazole rings is 1. The lowest BCUT2D eigenvalue weighted by Crippen LogP contribution is -2.27. The quantitative estimate of drug-likeness (QED) is 0.481. The molecule has 1 aliphatic rings. The van der Waals surface area contributed by atoms with Crippen molar-refractivity contribution in [3.8, 4) is 11.1 Å². The molecule has 4 rings (SSSR count). The topological polar surface area (TPSA) is 118 Å². The Hall–Kier alpha value is -3.72. The van der Waals surface area contributed by atoms with Crippen molar-refractivity contribution in [2.24, 2.45) is 0 Å². The van der Waals surface area contributed by atoms with Crippen LogP contribution in [-0.4, -0.2) is 41.2 Å². The van der Waals surface area contributed by atoms with Gasteiger partial charge < -0.3 is 15.2 Å². The number of carboxylic acid groups (broad SMARTS) is 1. The highest BCUT2D eigenvalue weighted by Crippen LogP contribution is 2.44. The number of fused-ring (bicyclic) bond motifs is 3. The van der Waals surface area contributed by atoms with Crippen molar-refractivity contribution < 1.29 is 24.2 Å². The maximum absolute atomic E-state index is 12.3. The van der Waals surface area contributed by atoms with Crippen molar-refractivity contribution in [3.05, 3.63) is 70.7 Å². The van der Waals surface area contributed by atoms with E-state index in [2.05, 4.69) is 39.9 Å². The number of carbonyl (C=O) groups is 3. The van der Waals surface area contributed by atoms with Gasteiger partial charge in [0, 0.05) is 17.8 Å². The molecule has 0 radical (unpaired) electrons. The molecule has 0 saturated carbocycles. The minimum Gasteiger partial charge on any atom is -0.481 e. The Morgan fingerprint density at radius 3 is 2.34 bits per heavy atom. The largest absolute Gasteiger partial charge is 0.481 e. The van der Waals surface area contributed by atoms with Gasteiger partial charge in [0.15, 0.2) is 5.13 Å². The van der Waals surface area contributed by atoms with Gasteiger partial charge in [-0.2, -0.15) is 0 Å². The van der Waals surface area contributed by atoms with Gasteiger partial charge in [0.25, 0.3) is 0 Å². The van der Waals surface area contributed by atoms with Gasteiger partial charge in [-0.1, -0.05) is 48.5 Å². The second-order valence-electron chi connectivity index (χ2n) is 7.27. The van der Waals surface area contributed by atoms with Gasteiger partial charge >= 0.3 is 12.1 Å². The Labute approximate surface area is 188 Å². The molecule has 2 aromatic carbocycles. The molecule has 0 saturated heterocycles. The van der Waals surface area contributed by atoms with E-state index in [1.165, 1.54) is 11.3 Å². The van der Waals surface area contributed by atoms with E-state index < -0.39 is 12.1 Å². The summed E-state index contributed by atoms with van der Waals surface area (Å²) in [6, 6.07) is 16.2. The molecule has 2 amide bonds. The first-order chi connectivity index (χ1) is 15.5. The van der Waals surface area contributed by atoms with Crippen LogP contribution in [0, 0.1) is 0 Å². The number of carbonyl (C=O) groups excluding carboxylic acids is 2. The Morgan fingerprint density at radius 1 is 1.03 bits per heavy atom. The molecule has 3 N–H and O–H groups in total. The molecular formula is C23H21N3O5S. The first-order valence-electron chi connectivity index (χ1n) is 10.1. The van der Waals surface area contributed by atoms with Crippen LogP contribution < -0.4 is 10.6 Å². The van der Waals surface area contributed by atoms with Gasteiger partial charge in [0.1, 0.15) is 6.61 Å². The molecule has 0 aliphatic heterocycles. The molecule has 1 heterocycles. The van der Waals surface area contributed by atoms with E-state index in [-0.39, 0.29) is 37.8 Å². The van der Waals surface area contributed by atoms with Crippen LogP contribution in [-0.2, 0) is 20.7 Å². The summed E-state index contributed by atoms with van der Waals surface area (Å²) < 4.78 is 5.49. The second kappa shape index (κ2) is 9.61. The smallest absolute Gasteiger partial charge is 0.413 e. The van der Waals surface area contributed by atoms with E-state index in [1.54, 1.807) is 5.38 Å². The van der Waals surface area contributed by atoms with Gasteiger partial charge in [-0.25, -0.2) is 9.78 Å². The maximum Gasteiger partial charge on any atom is 0.413 e. The summed E-state index contributed by atoms with van der Waals surface area (Å²) in [7, 11) is 0. The number of ether oxygens (including phenoxy) is 1. The van der Waals surface area contributed by atoms with Gasteiger partial charge in [-0.05, 0) is 22.3 Å². The number of carboxylic acids is 1. The second-order valence-corrected chi connectivity index (χ2v) is 8.12. The zero-order chi connectivity index (χ0) is 22.5. The fourth-order valence-electron chi connectivity index (χ4n) is 3.70. The summed E-state index contributed by atoms with van der Waals surface area (Å²) in [5.74, 6) is -1.34. The Bertz CT molecular complexity index is 1110. The number of hydrogen-bond acceptors (Lipinski definition) is 6. The number of aromatic nitrogens is 1. The summed E-state index contributed by atoms with van der Waals surface area (Å²) >= 11 is 1.19. The summed E-state index contributed by atoms with van der Waals surface area (Å²) in [6.45, 7) is 0.257. The third-order valence-corrected chi connectivity index (χ3v) is 5.91. The molecule has 0 atom stereocenters. The van der Waals surface area contributed by atoms with Crippen molar-refractivity contribution in [3.63, 3.8) is 0 Å². The van der Waals surface area contributed by atoms with E-state index in [1.807, 2.05) is 24.3 Å². The van der Waals surface area contributed by atoms with Crippen LogP contribution in [0.15, 0.2) is 53.9 Å². The van der Waals surface area contributed by atoms with E-state index in [4.69, 9.17) is 9.84 Å². The number of hydrogen-bond donors (Lipinski definition) is 3. The lowest BCUT2D eigenvalue weighted by molar-refractivity contribution is -0.136. The predicted molar refractivity (Wildman–Crippen MR) is 120 cm³/mol. The highest BCUT2D eigenvalue weighted by Gasteiger charge is 2.29. The van der Waals surface area contributed by atoms with Crippen molar-refractivity contribution in [2.75, 3.05) is 18.5 Å². The summed E-state index contributed by atoms with van der Waals surface area (Å²) in [5.41, 5.74) is 5.06. The molecular weight excluding hydrogens is 430 g/mol. The minimum absolute atomic E-state index is 0.00247. The SMILES string of the molecule is O=C(O)CCNC(=O)Cc1csc(NC(=O)OCC2c3ccccc3-c3ccccc32)n1.